The highest BCUT2D eigenvalue weighted by Gasteiger charge is 2.11. The number of aldehydes is 1. The predicted octanol–water partition coefficient (Wildman–Crippen LogP) is 8.65. The molecule has 0 atom stereocenters. The largest absolute Gasteiger partial charge is 0.507 e. The second-order valence-electron chi connectivity index (χ2n) is 10.7. The molecule has 4 aromatic carbocycles. The van der Waals surface area contributed by atoms with Crippen molar-refractivity contribution in [1.82, 2.24) is 0 Å². The number of hydrogen-bond donors (Lipinski definition) is 2. The number of hydrogen-bond acceptors (Lipinski definition) is 7. The maximum atomic E-state index is 12.5. The minimum absolute atomic E-state index is 0. The predicted molar refractivity (Wildman–Crippen MR) is 201 cm³/mol. The topological polar surface area (TPSA) is 98.1 Å². The highest BCUT2D eigenvalue weighted by atomic mass is 16.5. The maximum absolute atomic E-state index is 12.5. The standard InChI is InChI=1S/C22H19N2O3.C15H15NO2.3CH4/c1-3-8-23(2)19-5-4-16-11-18-13-20(15-6-9-24(26)10-7-15)22(25)27-21(18)14-17(16)12-19;1-3-6-16(2)14-5-4-11-7-13(10-17)15(18)9-12(11)8-14;;;/h3-7,9-14,26H,1,8H2,2H3;3-5,7-10,18H,1,6H2,2H3;3*1H4/q+1;;;;. The molecule has 0 spiro atoms. The van der Waals surface area contributed by atoms with Crippen molar-refractivity contribution in [2.75, 3.05) is 37.0 Å². The third-order valence-electron chi connectivity index (χ3n) is 7.58. The average molecular weight is 649 g/mol. The van der Waals surface area contributed by atoms with Crippen LogP contribution in [0.3, 0.4) is 0 Å². The zero-order valence-electron chi connectivity index (χ0n) is 25.2. The summed E-state index contributed by atoms with van der Waals surface area (Å²) in [6, 6.07) is 24.5. The van der Waals surface area contributed by atoms with E-state index in [-0.39, 0.29) is 28.0 Å². The smallest absolute Gasteiger partial charge is 0.344 e. The van der Waals surface area contributed by atoms with Crippen molar-refractivity contribution in [3.8, 4) is 16.9 Å². The Labute approximate surface area is 282 Å². The quantitative estimate of drug-likeness (QED) is 0.0426. The molecule has 6 rings (SSSR count). The van der Waals surface area contributed by atoms with Crippen molar-refractivity contribution in [1.29, 1.82) is 0 Å². The summed E-state index contributed by atoms with van der Waals surface area (Å²) >= 11 is 0. The molecular weight excluding hydrogens is 602 g/mol. The highest BCUT2D eigenvalue weighted by Crippen LogP contribution is 2.29. The Bertz CT molecular complexity index is 2100. The van der Waals surface area contributed by atoms with Gasteiger partial charge in [0, 0.05) is 66.4 Å². The fourth-order valence-corrected chi connectivity index (χ4v) is 5.11. The van der Waals surface area contributed by atoms with E-state index in [1.54, 1.807) is 24.3 Å². The molecule has 0 saturated heterocycles. The van der Waals surface area contributed by atoms with Crippen LogP contribution in [-0.4, -0.2) is 43.8 Å². The Balaban J connectivity index is 0.000000337. The number of phenolic OH excluding ortho intramolecular Hbond substituents is 1. The first-order valence-corrected chi connectivity index (χ1v) is 14.3. The van der Waals surface area contributed by atoms with Gasteiger partial charge in [0.1, 0.15) is 11.3 Å². The van der Waals surface area contributed by atoms with E-state index in [2.05, 4.69) is 41.2 Å². The number of anilines is 2. The van der Waals surface area contributed by atoms with Crippen LogP contribution < -0.4 is 20.2 Å². The van der Waals surface area contributed by atoms with Crippen LogP contribution in [0.15, 0.2) is 126 Å². The molecule has 8 nitrogen and oxygen atoms in total. The Hall–Kier alpha value is -5.89. The van der Waals surface area contributed by atoms with Crippen molar-refractivity contribution in [2.24, 2.45) is 0 Å². The minimum Gasteiger partial charge on any atom is -0.507 e. The van der Waals surface area contributed by atoms with Gasteiger partial charge in [-0.1, -0.05) is 46.6 Å². The Kier molecular flexibility index (Phi) is 13.2. The van der Waals surface area contributed by atoms with Gasteiger partial charge in [-0.05, 0) is 76.1 Å². The summed E-state index contributed by atoms with van der Waals surface area (Å²) in [6.07, 6.45) is 7.29. The van der Waals surface area contributed by atoms with Gasteiger partial charge in [-0.15, -0.1) is 13.2 Å². The Morgan fingerprint density at radius 1 is 0.729 bits per heavy atom. The number of nitrogens with zero attached hydrogens (tertiary/aromatic N) is 3. The van der Waals surface area contributed by atoms with E-state index in [0.29, 0.717) is 28.6 Å². The van der Waals surface area contributed by atoms with Gasteiger partial charge in [0.2, 0.25) is 12.4 Å². The van der Waals surface area contributed by atoms with E-state index in [4.69, 9.17) is 4.42 Å². The summed E-state index contributed by atoms with van der Waals surface area (Å²) in [5.41, 5.74) is 3.73. The molecular formula is C40H46N3O5+. The molecule has 2 N–H and O–H groups in total. The first-order valence-electron chi connectivity index (χ1n) is 14.3. The zero-order valence-corrected chi connectivity index (χ0v) is 25.2. The van der Waals surface area contributed by atoms with Crippen molar-refractivity contribution >= 4 is 50.2 Å². The lowest BCUT2D eigenvalue weighted by Gasteiger charge is -2.17. The second kappa shape index (κ2) is 16.6. The number of carbonyl (C=O) groups is 1. The molecule has 0 amide bonds. The van der Waals surface area contributed by atoms with E-state index >= 15 is 0 Å². The van der Waals surface area contributed by atoms with Crippen molar-refractivity contribution < 1.29 is 24.3 Å². The summed E-state index contributed by atoms with van der Waals surface area (Å²) in [7, 11) is 3.98. The lowest BCUT2D eigenvalue weighted by atomic mass is 10.0. The molecule has 48 heavy (non-hydrogen) atoms. The maximum Gasteiger partial charge on any atom is 0.344 e. The molecule has 0 unspecified atom stereocenters. The average Bonchev–Trinajstić information content (AvgIpc) is 3.03. The van der Waals surface area contributed by atoms with Gasteiger partial charge in [0.15, 0.2) is 6.29 Å². The third-order valence-corrected chi connectivity index (χ3v) is 7.58. The molecule has 8 heteroatoms. The minimum atomic E-state index is -0.405. The van der Waals surface area contributed by atoms with Crippen LogP contribution in [0, 0.1) is 0 Å². The summed E-state index contributed by atoms with van der Waals surface area (Å²) in [6.45, 7) is 8.98. The molecule has 250 valence electrons. The van der Waals surface area contributed by atoms with Crippen LogP contribution in [0.4, 0.5) is 11.4 Å². The van der Waals surface area contributed by atoms with Crippen LogP contribution in [0.25, 0.3) is 43.6 Å². The molecule has 2 aromatic heterocycles. The van der Waals surface area contributed by atoms with E-state index in [0.717, 1.165) is 56.1 Å². The summed E-state index contributed by atoms with van der Waals surface area (Å²) in [4.78, 5) is 27.4. The molecule has 0 radical (unpaired) electrons. The van der Waals surface area contributed by atoms with Crippen molar-refractivity contribution in [3.05, 3.63) is 133 Å². The van der Waals surface area contributed by atoms with Gasteiger partial charge < -0.3 is 19.3 Å². The fourth-order valence-electron chi connectivity index (χ4n) is 5.11. The van der Waals surface area contributed by atoms with E-state index in [9.17, 15) is 19.9 Å². The normalized spacial score (nSPS) is 10.0. The third kappa shape index (κ3) is 8.27. The fraction of sp³-hybridized carbons (Fsp3) is 0.175. The zero-order chi connectivity index (χ0) is 32.1. The summed E-state index contributed by atoms with van der Waals surface area (Å²) < 4.78 is 6.51. The number of phenols is 1. The lowest BCUT2D eigenvalue weighted by molar-refractivity contribution is -0.904. The number of pyridine rings is 1. The molecule has 0 bridgehead atoms. The molecule has 2 heterocycles. The molecule has 0 saturated carbocycles. The van der Waals surface area contributed by atoms with Crippen LogP contribution in [0.1, 0.15) is 32.6 Å². The number of aromatic nitrogens is 1. The van der Waals surface area contributed by atoms with Crippen molar-refractivity contribution in [3.63, 3.8) is 0 Å². The van der Waals surface area contributed by atoms with Gasteiger partial charge in [-0.3, -0.25) is 10.0 Å². The SMILES string of the molecule is C.C.C.C=CCN(C)c1ccc2cc(C=O)c(O)cc2c1.C=CCN(C)c1ccc2cc3cc(-c4cc[n+](O)cc4)c(=O)oc3cc2c1. The van der Waals surface area contributed by atoms with E-state index < -0.39 is 5.63 Å². The number of likely N-dealkylation sites (N-methyl/N-ethyl adjacent to an activating group) is 2. The van der Waals surface area contributed by atoms with E-state index in [1.165, 1.54) is 12.4 Å². The van der Waals surface area contributed by atoms with Crippen LogP contribution in [-0.2, 0) is 0 Å². The molecule has 0 aliphatic rings. The second-order valence-corrected chi connectivity index (χ2v) is 10.7. The van der Waals surface area contributed by atoms with Crippen LogP contribution in [0.5, 0.6) is 5.75 Å². The number of benzene rings is 4. The van der Waals surface area contributed by atoms with Gasteiger partial charge in [-0.2, -0.15) is 0 Å². The van der Waals surface area contributed by atoms with Crippen LogP contribution in [0.2, 0.25) is 0 Å². The van der Waals surface area contributed by atoms with Gasteiger partial charge >= 0.3 is 5.63 Å². The number of aromatic hydroxyl groups is 1. The van der Waals surface area contributed by atoms with Gasteiger partial charge in [-0.25, -0.2) is 4.79 Å². The summed E-state index contributed by atoms with van der Waals surface area (Å²) in [5, 5.41) is 23.8. The lowest BCUT2D eigenvalue weighted by Crippen LogP contribution is -2.27. The van der Waals surface area contributed by atoms with E-state index in [1.807, 2.05) is 62.6 Å². The van der Waals surface area contributed by atoms with Crippen LogP contribution >= 0.6 is 0 Å². The number of fused-ring (bicyclic) bond motifs is 3. The molecule has 0 aliphatic carbocycles. The highest BCUT2D eigenvalue weighted by molar-refractivity contribution is 5.98. The molecule has 6 aromatic rings. The Morgan fingerprint density at radius 2 is 1.27 bits per heavy atom. The van der Waals surface area contributed by atoms with Gasteiger partial charge in [0.05, 0.1) is 11.1 Å². The first kappa shape index (κ1) is 38.3. The first-order chi connectivity index (χ1) is 21.7. The molecule has 0 fully saturated rings. The number of carbonyl (C=O) groups excluding carboxylic acids is 1. The Morgan fingerprint density at radius 3 is 1.81 bits per heavy atom. The molecule has 0 aliphatic heterocycles. The summed E-state index contributed by atoms with van der Waals surface area (Å²) in [5.74, 6) is 0.0148. The monoisotopic (exact) mass is 648 g/mol. The van der Waals surface area contributed by atoms with Gasteiger partial charge in [0.25, 0.3) is 0 Å². The van der Waals surface area contributed by atoms with Crippen molar-refractivity contribution in [2.45, 2.75) is 22.3 Å². The number of rotatable bonds is 8.